The molecule has 0 aromatic heterocycles. The monoisotopic (exact) mass is 460 g/mol. The second-order valence-electron chi connectivity index (χ2n) is 8.78. The van der Waals surface area contributed by atoms with E-state index in [1.165, 1.54) is 0 Å². The van der Waals surface area contributed by atoms with Crippen LogP contribution in [0.15, 0.2) is 42.5 Å². The van der Waals surface area contributed by atoms with Crippen LogP contribution in [0, 0.1) is 0 Å². The van der Waals surface area contributed by atoms with Crippen LogP contribution in [0.1, 0.15) is 36.8 Å². The average molecular weight is 461 g/mol. The van der Waals surface area contributed by atoms with Gasteiger partial charge in [-0.1, -0.05) is 24.6 Å². The van der Waals surface area contributed by atoms with Crippen molar-refractivity contribution in [3.05, 3.63) is 53.6 Å². The third-order valence-corrected chi connectivity index (χ3v) is 6.27. The molecule has 2 aromatic carbocycles. The fourth-order valence-corrected chi connectivity index (χ4v) is 4.21. The predicted molar refractivity (Wildman–Crippen MR) is 119 cm³/mol. The van der Waals surface area contributed by atoms with Gasteiger partial charge in [0.15, 0.2) is 11.5 Å². The minimum atomic E-state index is -1.53. The molecule has 0 amide bonds. The van der Waals surface area contributed by atoms with Crippen LogP contribution < -0.4 is 9.47 Å². The molecule has 0 aliphatic carbocycles. The summed E-state index contributed by atoms with van der Waals surface area (Å²) in [4.78, 5) is 0. The van der Waals surface area contributed by atoms with E-state index in [2.05, 4.69) is 0 Å². The number of ether oxygens (including phenoxy) is 3. The lowest BCUT2D eigenvalue weighted by Crippen LogP contribution is -2.60. The lowest BCUT2D eigenvalue weighted by Gasteiger charge is -2.39. The summed E-state index contributed by atoms with van der Waals surface area (Å²) in [6.45, 7) is -0.534. The third-order valence-electron chi connectivity index (χ3n) is 6.27. The molecule has 0 radical (unpaired) electrons. The quantitative estimate of drug-likeness (QED) is 0.468. The number of hydrogen-bond donors (Lipinski definition) is 5. The van der Waals surface area contributed by atoms with Crippen molar-refractivity contribution in [2.75, 3.05) is 6.61 Å². The molecule has 1 fully saturated rings. The maximum atomic E-state index is 10.3. The number of aliphatic hydroxyl groups is 5. The molecule has 180 valence electrons. The normalized spacial score (nSPS) is 30.7. The van der Waals surface area contributed by atoms with Crippen LogP contribution in [0.25, 0.3) is 0 Å². The van der Waals surface area contributed by atoms with Crippen molar-refractivity contribution in [3.8, 4) is 17.2 Å². The first-order valence-corrected chi connectivity index (χ1v) is 11.5. The number of aliphatic hydroxyl groups excluding tert-OH is 5. The van der Waals surface area contributed by atoms with Crippen molar-refractivity contribution in [1.82, 2.24) is 0 Å². The molecule has 4 bridgehead atoms. The number of fused-ring (bicyclic) bond motifs is 8. The van der Waals surface area contributed by atoms with E-state index in [0.717, 1.165) is 49.7 Å². The Morgan fingerprint density at radius 3 is 2.33 bits per heavy atom. The van der Waals surface area contributed by atoms with E-state index in [1.54, 1.807) is 6.07 Å². The van der Waals surface area contributed by atoms with Crippen LogP contribution >= 0.6 is 0 Å². The number of aryl methyl sites for hydroxylation is 2. The SMILES string of the molecule is OCC1OC(Oc2ccc3cc2Oc2ccc(cc2)CCC(O)CCCC3)C(O)C(O)C1O. The van der Waals surface area contributed by atoms with Gasteiger partial charge in [0.2, 0.25) is 6.29 Å². The van der Waals surface area contributed by atoms with Crippen molar-refractivity contribution in [1.29, 1.82) is 0 Å². The minimum Gasteiger partial charge on any atom is -0.458 e. The Bertz CT molecular complexity index is 900. The van der Waals surface area contributed by atoms with Crippen LogP contribution in [-0.4, -0.2) is 68.9 Å². The highest BCUT2D eigenvalue weighted by molar-refractivity contribution is 5.46. The van der Waals surface area contributed by atoms with Gasteiger partial charge < -0.3 is 39.7 Å². The van der Waals surface area contributed by atoms with Crippen molar-refractivity contribution in [2.24, 2.45) is 0 Å². The summed E-state index contributed by atoms with van der Waals surface area (Å²) in [7, 11) is 0. The molecule has 3 aliphatic heterocycles. The molecule has 6 unspecified atom stereocenters. The van der Waals surface area contributed by atoms with Crippen LogP contribution in [0.3, 0.4) is 0 Å². The molecule has 0 saturated carbocycles. The fourth-order valence-electron chi connectivity index (χ4n) is 4.21. The van der Waals surface area contributed by atoms with Crippen LogP contribution in [0.2, 0.25) is 0 Å². The van der Waals surface area contributed by atoms with E-state index in [-0.39, 0.29) is 6.10 Å². The van der Waals surface area contributed by atoms with Crippen LogP contribution in [0.4, 0.5) is 0 Å². The maximum Gasteiger partial charge on any atom is 0.229 e. The molecule has 8 heteroatoms. The van der Waals surface area contributed by atoms with Crippen molar-refractivity contribution in [3.63, 3.8) is 0 Å². The van der Waals surface area contributed by atoms with Gasteiger partial charge in [0, 0.05) is 0 Å². The second-order valence-corrected chi connectivity index (χ2v) is 8.78. The molecule has 5 rings (SSSR count). The number of hydrogen-bond acceptors (Lipinski definition) is 8. The van der Waals surface area contributed by atoms with E-state index < -0.39 is 37.3 Å². The summed E-state index contributed by atoms with van der Waals surface area (Å²) in [6.07, 6.45) is -2.23. The van der Waals surface area contributed by atoms with Gasteiger partial charge in [-0.3, -0.25) is 0 Å². The summed E-state index contributed by atoms with van der Waals surface area (Å²) in [6, 6.07) is 13.1. The number of benzene rings is 2. The van der Waals surface area contributed by atoms with Crippen molar-refractivity contribution >= 4 is 0 Å². The van der Waals surface area contributed by atoms with Gasteiger partial charge in [-0.05, 0) is 67.5 Å². The first kappa shape index (κ1) is 23.9. The topological polar surface area (TPSA) is 129 Å². The molecule has 2 aromatic rings. The summed E-state index contributed by atoms with van der Waals surface area (Å²) in [5.74, 6) is 1.32. The number of rotatable bonds is 3. The Morgan fingerprint density at radius 2 is 1.58 bits per heavy atom. The van der Waals surface area contributed by atoms with Gasteiger partial charge in [-0.25, -0.2) is 0 Å². The van der Waals surface area contributed by atoms with Crippen LogP contribution in [-0.2, 0) is 17.6 Å². The zero-order valence-corrected chi connectivity index (χ0v) is 18.4. The molecule has 1 saturated heterocycles. The molecule has 3 heterocycles. The Balaban J connectivity index is 1.59. The first-order chi connectivity index (χ1) is 15.9. The zero-order chi connectivity index (χ0) is 23.4. The Hall–Kier alpha value is -2.20. The lowest BCUT2D eigenvalue weighted by atomic mass is 9.99. The van der Waals surface area contributed by atoms with Gasteiger partial charge in [0.1, 0.15) is 30.2 Å². The molecule has 5 N–H and O–H groups in total. The van der Waals surface area contributed by atoms with Crippen LogP contribution in [0.5, 0.6) is 17.2 Å². The molecule has 33 heavy (non-hydrogen) atoms. The Morgan fingerprint density at radius 1 is 0.818 bits per heavy atom. The highest BCUT2D eigenvalue weighted by Gasteiger charge is 2.45. The summed E-state index contributed by atoms with van der Waals surface area (Å²) >= 11 is 0. The highest BCUT2D eigenvalue weighted by atomic mass is 16.7. The average Bonchev–Trinajstić information content (AvgIpc) is 2.83. The Kier molecular flexibility index (Phi) is 7.85. The molecule has 6 atom stereocenters. The first-order valence-electron chi connectivity index (χ1n) is 11.5. The minimum absolute atomic E-state index is 0.298. The maximum absolute atomic E-state index is 10.3. The molecule has 8 nitrogen and oxygen atoms in total. The summed E-state index contributed by atoms with van der Waals surface area (Å²) < 4.78 is 17.4. The van der Waals surface area contributed by atoms with Gasteiger partial charge in [-0.15, -0.1) is 0 Å². The molecular weight excluding hydrogens is 428 g/mol. The standard InChI is InChI=1S/C25H32O8/c26-14-21-22(28)23(29)24(30)25(33-21)32-19-12-8-16-3-1-2-4-17(27)9-5-15-6-10-18(11-7-15)31-20(19)13-16/h6-8,10-13,17,21-30H,1-5,9,14H2. The molecule has 0 spiro atoms. The van der Waals surface area contributed by atoms with Gasteiger partial charge >= 0.3 is 0 Å². The largest absolute Gasteiger partial charge is 0.458 e. The van der Waals surface area contributed by atoms with E-state index in [1.807, 2.05) is 36.4 Å². The van der Waals surface area contributed by atoms with E-state index in [9.17, 15) is 25.5 Å². The van der Waals surface area contributed by atoms with Crippen molar-refractivity contribution in [2.45, 2.75) is 75.3 Å². The zero-order valence-electron chi connectivity index (χ0n) is 18.4. The van der Waals surface area contributed by atoms with Gasteiger partial charge in [0.05, 0.1) is 12.7 Å². The van der Waals surface area contributed by atoms with Gasteiger partial charge in [0.25, 0.3) is 0 Å². The highest BCUT2D eigenvalue weighted by Crippen LogP contribution is 2.36. The third kappa shape index (κ3) is 5.84. The van der Waals surface area contributed by atoms with Crippen molar-refractivity contribution < 1.29 is 39.7 Å². The summed E-state index contributed by atoms with van der Waals surface area (Å²) in [5.41, 5.74) is 2.15. The molecular formula is C25H32O8. The lowest BCUT2D eigenvalue weighted by molar-refractivity contribution is -0.277. The Labute approximate surface area is 193 Å². The molecule has 3 aliphatic rings. The smallest absolute Gasteiger partial charge is 0.229 e. The van der Waals surface area contributed by atoms with E-state index in [4.69, 9.17) is 14.2 Å². The fraction of sp³-hybridized carbons (Fsp3) is 0.520. The second kappa shape index (κ2) is 10.8. The summed E-state index contributed by atoms with van der Waals surface area (Å²) in [5, 5.41) is 50.1. The van der Waals surface area contributed by atoms with E-state index >= 15 is 0 Å². The van der Waals surface area contributed by atoms with Gasteiger partial charge in [-0.2, -0.15) is 0 Å². The predicted octanol–water partition coefficient (Wildman–Crippen LogP) is 1.68. The van der Waals surface area contributed by atoms with E-state index in [0.29, 0.717) is 17.2 Å².